The van der Waals surface area contributed by atoms with Gasteiger partial charge in [0, 0.05) is 12.1 Å². The lowest BCUT2D eigenvalue weighted by molar-refractivity contribution is 0.306. The normalized spacial score (nSPS) is 10.5. The molecule has 2 rings (SSSR count). The average molecular weight is 304 g/mol. The Kier molecular flexibility index (Phi) is 4.12. The van der Waals surface area contributed by atoms with Crippen LogP contribution in [0.5, 0.6) is 5.75 Å². The highest BCUT2D eigenvalue weighted by Gasteiger charge is 2.07. The molecule has 0 radical (unpaired) electrons. The summed E-state index contributed by atoms with van der Waals surface area (Å²) >= 11 is 11.6. The zero-order valence-corrected chi connectivity index (χ0v) is 11.1. The van der Waals surface area contributed by atoms with Gasteiger partial charge in [-0.2, -0.15) is 0 Å². The van der Waals surface area contributed by atoms with E-state index in [0.717, 1.165) is 6.07 Å². The molecule has 0 spiro atoms. The molecule has 2 N–H and O–H groups in total. The number of anilines is 1. The Bertz CT molecular complexity index is 600. The van der Waals surface area contributed by atoms with E-state index in [1.54, 1.807) is 0 Å². The maximum Gasteiger partial charge on any atom is 0.144 e. The van der Waals surface area contributed by atoms with Gasteiger partial charge in [-0.25, -0.2) is 8.78 Å². The summed E-state index contributed by atoms with van der Waals surface area (Å²) in [5, 5.41) is 0.597. The van der Waals surface area contributed by atoms with Gasteiger partial charge in [-0.05, 0) is 23.8 Å². The molecule has 6 heteroatoms. The Balaban J connectivity index is 2.16. The predicted molar refractivity (Wildman–Crippen MR) is 71.6 cm³/mol. The van der Waals surface area contributed by atoms with E-state index in [-0.39, 0.29) is 11.6 Å². The molecule has 0 aliphatic heterocycles. The first-order valence-corrected chi connectivity index (χ1v) is 6.03. The summed E-state index contributed by atoms with van der Waals surface area (Å²) in [5.74, 6) is -1.03. The van der Waals surface area contributed by atoms with E-state index in [0.29, 0.717) is 22.0 Å². The fourth-order valence-electron chi connectivity index (χ4n) is 1.52. The number of rotatable bonds is 3. The van der Waals surface area contributed by atoms with Gasteiger partial charge in [-0.3, -0.25) is 0 Å². The van der Waals surface area contributed by atoms with Crippen LogP contribution in [0, 0.1) is 11.6 Å². The third kappa shape index (κ3) is 3.49. The molecular weight excluding hydrogens is 295 g/mol. The minimum absolute atomic E-state index is 0.0309. The Morgan fingerprint density at radius 2 is 1.53 bits per heavy atom. The zero-order chi connectivity index (χ0) is 14.0. The van der Waals surface area contributed by atoms with Crippen LogP contribution in [0.25, 0.3) is 0 Å². The summed E-state index contributed by atoms with van der Waals surface area (Å²) in [5.41, 5.74) is 6.35. The van der Waals surface area contributed by atoms with Crippen molar-refractivity contribution in [3.63, 3.8) is 0 Å². The van der Waals surface area contributed by atoms with Crippen LogP contribution in [-0.4, -0.2) is 0 Å². The van der Waals surface area contributed by atoms with Crippen molar-refractivity contribution >= 4 is 28.9 Å². The molecule has 2 aromatic rings. The van der Waals surface area contributed by atoms with Crippen molar-refractivity contribution in [2.75, 3.05) is 5.73 Å². The summed E-state index contributed by atoms with van der Waals surface area (Å²) < 4.78 is 31.3. The van der Waals surface area contributed by atoms with Gasteiger partial charge in [0.25, 0.3) is 0 Å². The standard InChI is InChI=1S/C13H9Cl2F2NO/c14-10-4-12(18)13(5-11(10)15)19-6-7-1-8(16)3-9(17)2-7/h1-5H,6,18H2. The number of hydrogen-bond acceptors (Lipinski definition) is 2. The van der Waals surface area contributed by atoms with Crippen LogP contribution >= 0.6 is 23.2 Å². The van der Waals surface area contributed by atoms with E-state index < -0.39 is 11.6 Å². The lowest BCUT2D eigenvalue weighted by atomic mass is 10.2. The number of nitrogen functional groups attached to an aromatic ring is 1. The fraction of sp³-hybridized carbons (Fsp3) is 0.0769. The van der Waals surface area contributed by atoms with Crippen molar-refractivity contribution in [1.29, 1.82) is 0 Å². The molecule has 0 fully saturated rings. The van der Waals surface area contributed by atoms with Crippen LogP contribution in [0.3, 0.4) is 0 Å². The molecule has 2 aromatic carbocycles. The van der Waals surface area contributed by atoms with Gasteiger partial charge < -0.3 is 10.5 Å². The first kappa shape index (κ1) is 13.9. The molecular formula is C13H9Cl2F2NO. The molecule has 0 saturated heterocycles. The fourth-order valence-corrected chi connectivity index (χ4v) is 1.85. The smallest absolute Gasteiger partial charge is 0.144 e. The molecule has 0 saturated carbocycles. The van der Waals surface area contributed by atoms with E-state index in [4.69, 9.17) is 33.7 Å². The number of nitrogens with two attached hydrogens (primary N) is 1. The highest BCUT2D eigenvalue weighted by atomic mass is 35.5. The van der Waals surface area contributed by atoms with Gasteiger partial charge in [-0.15, -0.1) is 0 Å². The van der Waals surface area contributed by atoms with Crippen molar-refractivity contribution in [3.05, 3.63) is 57.6 Å². The summed E-state index contributed by atoms with van der Waals surface area (Å²) in [7, 11) is 0. The number of benzene rings is 2. The second-order valence-corrected chi connectivity index (χ2v) is 4.68. The first-order chi connectivity index (χ1) is 8.95. The van der Waals surface area contributed by atoms with Gasteiger partial charge in [0.05, 0.1) is 15.7 Å². The Morgan fingerprint density at radius 1 is 0.947 bits per heavy atom. The van der Waals surface area contributed by atoms with Crippen LogP contribution in [0.4, 0.5) is 14.5 Å². The summed E-state index contributed by atoms with van der Waals surface area (Å²) in [6.45, 7) is -0.0309. The van der Waals surface area contributed by atoms with Crippen LogP contribution in [0.15, 0.2) is 30.3 Å². The largest absolute Gasteiger partial charge is 0.487 e. The number of halogens is 4. The highest BCUT2D eigenvalue weighted by Crippen LogP contribution is 2.32. The van der Waals surface area contributed by atoms with Crippen LogP contribution in [-0.2, 0) is 6.61 Å². The van der Waals surface area contributed by atoms with Crippen molar-refractivity contribution in [2.45, 2.75) is 6.61 Å². The van der Waals surface area contributed by atoms with Crippen LogP contribution in [0.2, 0.25) is 10.0 Å². The summed E-state index contributed by atoms with van der Waals surface area (Å²) in [6, 6.07) is 6.05. The van der Waals surface area contributed by atoms with E-state index in [2.05, 4.69) is 0 Å². The molecule has 0 heterocycles. The SMILES string of the molecule is Nc1cc(Cl)c(Cl)cc1OCc1cc(F)cc(F)c1. The van der Waals surface area contributed by atoms with E-state index in [1.807, 2.05) is 0 Å². The molecule has 0 unspecified atom stereocenters. The van der Waals surface area contributed by atoms with Crippen LogP contribution in [0.1, 0.15) is 5.56 Å². The topological polar surface area (TPSA) is 35.2 Å². The Labute approximate surface area is 118 Å². The summed E-state index contributed by atoms with van der Waals surface area (Å²) in [4.78, 5) is 0. The number of ether oxygens (including phenoxy) is 1. The van der Waals surface area contributed by atoms with E-state index in [1.165, 1.54) is 24.3 Å². The Morgan fingerprint density at radius 3 is 2.16 bits per heavy atom. The van der Waals surface area contributed by atoms with E-state index >= 15 is 0 Å². The Hall–Kier alpha value is -1.52. The zero-order valence-electron chi connectivity index (χ0n) is 9.59. The monoisotopic (exact) mass is 303 g/mol. The quantitative estimate of drug-likeness (QED) is 0.851. The van der Waals surface area contributed by atoms with Gasteiger partial charge in [0.15, 0.2) is 0 Å². The van der Waals surface area contributed by atoms with Crippen molar-refractivity contribution in [1.82, 2.24) is 0 Å². The first-order valence-electron chi connectivity index (χ1n) is 5.28. The maximum atomic E-state index is 13.0. The van der Waals surface area contributed by atoms with Crippen molar-refractivity contribution in [2.24, 2.45) is 0 Å². The predicted octanol–water partition coefficient (Wildman–Crippen LogP) is 4.43. The van der Waals surface area contributed by atoms with E-state index in [9.17, 15) is 8.78 Å². The third-order valence-electron chi connectivity index (χ3n) is 2.37. The van der Waals surface area contributed by atoms with Gasteiger partial charge in [0.2, 0.25) is 0 Å². The lowest BCUT2D eigenvalue weighted by Crippen LogP contribution is -2.00. The minimum atomic E-state index is -0.666. The lowest BCUT2D eigenvalue weighted by Gasteiger charge is -2.10. The summed E-state index contributed by atoms with van der Waals surface area (Å²) in [6.07, 6.45) is 0. The van der Waals surface area contributed by atoms with Crippen molar-refractivity contribution < 1.29 is 13.5 Å². The van der Waals surface area contributed by atoms with Crippen LogP contribution < -0.4 is 10.5 Å². The molecule has 0 amide bonds. The molecule has 0 aliphatic carbocycles. The third-order valence-corrected chi connectivity index (χ3v) is 3.09. The molecule has 19 heavy (non-hydrogen) atoms. The van der Waals surface area contributed by atoms with Crippen molar-refractivity contribution in [3.8, 4) is 5.75 Å². The molecule has 0 bridgehead atoms. The number of hydrogen-bond donors (Lipinski definition) is 1. The average Bonchev–Trinajstić information content (AvgIpc) is 2.31. The van der Waals surface area contributed by atoms with Gasteiger partial charge in [0.1, 0.15) is 24.0 Å². The molecule has 2 nitrogen and oxygen atoms in total. The molecule has 0 atom stereocenters. The van der Waals surface area contributed by atoms with Gasteiger partial charge >= 0.3 is 0 Å². The van der Waals surface area contributed by atoms with Gasteiger partial charge in [-0.1, -0.05) is 23.2 Å². The minimum Gasteiger partial charge on any atom is -0.487 e. The second-order valence-electron chi connectivity index (χ2n) is 3.87. The molecule has 0 aliphatic rings. The second kappa shape index (κ2) is 5.63. The maximum absolute atomic E-state index is 13.0. The molecule has 100 valence electrons. The molecule has 0 aromatic heterocycles. The highest BCUT2D eigenvalue weighted by molar-refractivity contribution is 6.42.